The first kappa shape index (κ1) is 20.2. The lowest BCUT2D eigenvalue weighted by molar-refractivity contribution is -0.135. The molecule has 0 spiro atoms. The number of carbonyl (C=O) groups excluding carboxylic acids is 3. The van der Waals surface area contributed by atoms with E-state index in [1.807, 2.05) is 18.7 Å². The van der Waals surface area contributed by atoms with Gasteiger partial charge >= 0.3 is 0 Å². The number of piperidine rings is 1. The first-order valence-corrected chi connectivity index (χ1v) is 9.31. The Bertz CT molecular complexity index is 652. The predicted octanol–water partition coefficient (Wildman–Crippen LogP) is 2.22. The van der Waals surface area contributed by atoms with Crippen molar-refractivity contribution < 1.29 is 14.4 Å². The number of rotatable bonds is 5. The van der Waals surface area contributed by atoms with Gasteiger partial charge in [0, 0.05) is 35.6 Å². The summed E-state index contributed by atoms with van der Waals surface area (Å²) in [6.45, 7) is 6.73. The van der Waals surface area contributed by atoms with E-state index < -0.39 is 6.04 Å². The number of carbonyl (C=O) groups is 3. The smallest absolute Gasteiger partial charge is 0.251 e. The van der Waals surface area contributed by atoms with Crippen LogP contribution in [0.5, 0.6) is 0 Å². The van der Waals surface area contributed by atoms with Crippen LogP contribution < -0.4 is 10.6 Å². The highest BCUT2D eigenvalue weighted by molar-refractivity contribution is 6.30. The quantitative estimate of drug-likeness (QED) is 0.823. The Balaban J connectivity index is 1.79. The molecule has 7 heteroatoms. The summed E-state index contributed by atoms with van der Waals surface area (Å²) < 4.78 is 0. The second-order valence-electron chi connectivity index (χ2n) is 6.96. The van der Waals surface area contributed by atoms with Gasteiger partial charge in [0.15, 0.2) is 0 Å². The van der Waals surface area contributed by atoms with E-state index in [0.717, 1.165) is 12.8 Å². The van der Waals surface area contributed by atoms with Crippen molar-refractivity contribution in [2.75, 3.05) is 13.1 Å². The zero-order valence-corrected chi connectivity index (χ0v) is 16.2. The van der Waals surface area contributed by atoms with Gasteiger partial charge in [-0.25, -0.2) is 0 Å². The van der Waals surface area contributed by atoms with Gasteiger partial charge in [-0.3, -0.25) is 14.4 Å². The highest BCUT2D eigenvalue weighted by atomic mass is 35.5. The van der Waals surface area contributed by atoms with E-state index in [1.165, 1.54) is 0 Å². The molecule has 0 aromatic heterocycles. The molecule has 2 N–H and O–H groups in total. The maximum Gasteiger partial charge on any atom is 0.251 e. The molecule has 1 aliphatic heterocycles. The molecule has 3 amide bonds. The molecule has 1 aliphatic rings. The summed E-state index contributed by atoms with van der Waals surface area (Å²) in [4.78, 5) is 38.3. The van der Waals surface area contributed by atoms with Crippen LogP contribution in [-0.2, 0) is 9.59 Å². The van der Waals surface area contributed by atoms with Crippen LogP contribution in [-0.4, -0.2) is 47.8 Å². The number of nitrogens with one attached hydrogen (secondary N) is 2. The molecule has 0 radical (unpaired) electrons. The van der Waals surface area contributed by atoms with Crippen molar-refractivity contribution in [1.82, 2.24) is 15.5 Å². The first-order valence-electron chi connectivity index (χ1n) is 8.93. The molecule has 0 aliphatic carbocycles. The molecule has 2 rings (SSSR count). The van der Waals surface area contributed by atoms with E-state index >= 15 is 0 Å². The first-order chi connectivity index (χ1) is 12.3. The van der Waals surface area contributed by atoms with E-state index in [0.29, 0.717) is 23.7 Å². The summed E-state index contributed by atoms with van der Waals surface area (Å²) in [7, 11) is 0. The Morgan fingerprint density at radius 3 is 2.19 bits per heavy atom. The molecule has 6 nitrogen and oxygen atoms in total. The number of nitrogens with zero attached hydrogens (tertiary/aromatic N) is 1. The fourth-order valence-corrected chi connectivity index (χ4v) is 3.01. The van der Waals surface area contributed by atoms with Gasteiger partial charge in [-0.15, -0.1) is 0 Å². The second-order valence-corrected chi connectivity index (χ2v) is 7.40. The summed E-state index contributed by atoms with van der Waals surface area (Å²) in [6.07, 6.45) is 1.45. The second kappa shape index (κ2) is 9.03. The fraction of sp³-hybridized carbons (Fsp3) is 0.526. The summed E-state index contributed by atoms with van der Waals surface area (Å²) in [5.74, 6) is -0.398. The third kappa shape index (κ3) is 5.46. The maximum atomic E-state index is 12.3. The Hall–Kier alpha value is -2.08. The molecule has 1 saturated heterocycles. The highest BCUT2D eigenvalue weighted by Crippen LogP contribution is 2.14. The Kier molecular flexibility index (Phi) is 7.03. The topological polar surface area (TPSA) is 78.5 Å². The molecule has 0 bridgehead atoms. The molecule has 26 heavy (non-hydrogen) atoms. The van der Waals surface area contributed by atoms with Gasteiger partial charge in [-0.05, 0) is 44.0 Å². The van der Waals surface area contributed by atoms with Gasteiger partial charge in [0.25, 0.3) is 5.91 Å². The zero-order chi connectivity index (χ0) is 19.3. The lowest BCUT2D eigenvalue weighted by Crippen LogP contribution is -2.52. The van der Waals surface area contributed by atoms with E-state index in [-0.39, 0.29) is 29.7 Å². The van der Waals surface area contributed by atoms with Crippen molar-refractivity contribution in [3.63, 3.8) is 0 Å². The highest BCUT2D eigenvalue weighted by Gasteiger charge is 2.26. The molecular formula is C19H26ClN3O3. The summed E-state index contributed by atoms with van der Waals surface area (Å²) in [5, 5.41) is 6.20. The van der Waals surface area contributed by atoms with E-state index in [9.17, 15) is 14.4 Å². The summed E-state index contributed by atoms with van der Waals surface area (Å²) in [6, 6.07) is 5.87. The normalized spacial score (nSPS) is 16.3. The van der Waals surface area contributed by atoms with Crippen LogP contribution in [0.4, 0.5) is 0 Å². The van der Waals surface area contributed by atoms with Crippen molar-refractivity contribution >= 4 is 29.3 Å². The minimum Gasteiger partial charge on any atom is -0.351 e. The largest absolute Gasteiger partial charge is 0.351 e. The van der Waals surface area contributed by atoms with Crippen molar-refractivity contribution in [2.24, 2.45) is 5.92 Å². The van der Waals surface area contributed by atoms with Crippen LogP contribution in [0.25, 0.3) is 0 Å². The van der Waals surface area contributed by atoms with Gasteiger partial charge in [-0.2, -0.15) is 0 Å². The van der Waals surface area contributed by atoms with Crippen molar-refractivity contribution in [2.45, 2.75) is 45.7 Å². The minimum absolute atomic E-state index is 0.00996. The van der Waals surface area contributed by atoms with Crippen LogP contribution >= 0.6 is 11.6 Å². The van der Waals surface area contributed by atoms with Gasteiger partial charge in [-0.1, -0.05) is 25.4 Å². The van der Waals surface area contributed by atoms with Crippen LogP contribution in [0, 0.1) is 5.92 Å². The Morgan fingerprint density at radius 2 is 1.65 bits per heavy atom. The Morgan fingerprint density at radius 1 is 1.08 bits per heavy atom. The number of amides is 3. The minimum atomic E-state index is -0.645. The molecule has 1 unspecified atom stereocenters. The summed E-state index contributed by atoms with van der Waals surface area (Å²) >= 11 is 5.81. The molecule has 1 fully saturated rings. The van der Waals surface area contributed by atoms with Gasteiger partial charge < -0.3 is 15.5 Å². The lowest BCUT2D eigenvalue weighted by atomic mass is 10.0. The average Bonchev–Trinajstić information content (AvgIpc) is 2.62. The van der Waals surface area contributed by atoms with Gasteiger partial charge in [0.1, 0.15) is 6.04 Å². The van der Waals surface area contributed by atoms with Crippen LogP contribution in [0.15, 0.2) is 24.3 Å². The van der Waals surface area contributed by atoms with Crippen LogP contribution in [0.1, 0.15) is 44.0 Å². The molecule has 1 heterocycles. The maximum absolute atomic E-state index is 12.3. The van der Waals surface area contributed by atoms with Gasteiger partial charge in [0.05, 0.1) is 0 Å². The number of likely N-dealkylation sites (tertiary alicyclic amines) is 1. The standard InChI is InChI=1S/C19H26ClN3O3/c1-12(2)19(26)23-10-8-16(9-11-23)22-17(24)13(3)21-18(25)14-4-6-15(20)7-5-14/h4-7,12-13,16H,8-11H2,1-3H3,(H,21,25)(H,22,24). The number of halogens is 1. The fourth-order valence-electron chi connectivity index (χ4n) is 2.88. The number of hydrogen-bond donors (Lipinski definition) is 2. The van der Waals surface area contributed by atoms with E-state index in [2.05, 4.69) is 10.6 Å². The predicted molar refractivity (Wildman–Crippen MR) is 101 cm³/mol. The molecule has 1 atom stereocenters. The van der Waals surface area contributed by atoms with Gasteiger partial charge in [0.2, 0.25) is 11.8 Å². The molecule has 142 valence electrons. The van der Waals surface area contributed by atoms with Crippen molar-refractivity contribution in [3.8, 4) is 0 Å². The van der Waals surface area contributed by atoms with Crippen LogP contribution in [0.2, 0.25) is 5.02 Å². The average molecular weight is 380 g/mol. The van der Waals surface area contributed by atoms with Crippen LogP contribution in [0.3, 0.4) is 0 Å². The van der Waals surface area contributed by atoms with Crippen molar-refractivity contribution in [1.29, 1.82) is 0 Å². The Labute approximate surface area is 159 Å². The number of benzene rings is 1. The van der Waals surface area contributed by atoms with E-state index in [1.54, 1.807) is 31.2 Å². The monoisotopic (exact) mass is 379 g/mol. The lowest BCUT2D eigenvalue weighted by Gasteiger charge is -2.33. The number of hydrogen-bond acceptors (Lipinski definition) is 3. The van der Waals surface area contributed by atoms with E-state index in [4.69, 9.17) is 11.6 Å². The molecular weight excluding hydrogens is 354 g/mol. The molecule has 1 aromatic carbocycles. The molecule has 1 aromatic rings. The molecule has 0 saturated carbocycles. The third-order valence-corrected chi connectivity index (χ3v) is 4.75. The summed E-state index contributed by atoms with van der Waals surface area (Å²) in [5.41, 5.74) is 0.453. The SMILES string of the molecule is CC(C)C(=O)N1CCC(NC(=O)C(C)NC(=O)c2ccc(Cl)cc2)CC1. The van der Waals surface area contributed by atoms with Crippen molar-refractivity contribution in [3.05, 3.63) is 34.9 Å². The third-order valence-electron chi connectivity index (χ3n) is 4.49. The zero-order valence-electron chi connectivity index (χ0n) is 15.4.